The zero-order valence-electron chi connectivity index (χ0n) is 14.6. The minimum atomic E-state index is -0.508. The first kappa shape index (κ1) is 23.9. The van der Waals surface area contributed by atoms with E-state index < -0.39 is 17.0 Å². The van der Waals surface area contributed by atoms with E-state index in [4.69, 9.17) is 5.73 Å². The molecule has 0 unspecified atom stereocenters. The third-order valence-corrected chi connectivity index (χ3v) is 5.01. The number of nitrogens with zero attached hydrogens (tertiary/aromatic N) is 2. The highest BCUT2D eigenvalue weighted by atomic mass is 35.5. The van der Waals surface area contributed by atoms with Gasteiger partial charge in [0, 0.05) is 38.8 Å². The summed E-state index contributed by atoms with van der Waals surface area (Å²) in [6.45, 7) is 6.25. The number of nitrogens with two attached hydrogens (primary N) is 1. The van der Waals surface area contributed by atoms with E-state index in [0.717, 1.165) is 12.1 Å². The van der Waals surface area contributed by atoms with E-state index in [1.807, 2.05) is 13.8 Å². The molecule has 1 fully saturated rings. The molecule has 1 aromatic carbocycles. The lowest BCUT2D eigenvalue weighted by atomic mass is 9.81. The van der Waals surface area contributed by atoms with Crippen molar-refractivity contribution in [2.45, 2.75) is 26.7 Å². The Hall–Kier alpha value is -1.11. The Morgan fingerprint density at radius 2 is 1.68 bits per heavy atom. The van der Waals surface area contributed by atoms with Crippen molar-refractivity contribution in [3.05, 3.63) is 29.8 Å². The molecule has 0 atom stereocenters. The van der Waals surface area contributed by atoms with Crippen LogP contribution in [0, 0.1) is 17.0 Å². The Morgan fingerprint density at radius 3 is 2.16 bits per heavy atom. The van der Waals surface area contributed by atoms with Gasteiger partial charge in [0.15, 0.2) is 0 Å². The maximum absolute atomic E-state index is 13.9. The highest BCUT2D eigenvalue weighted by Crippen LogP contribution is 2.29. The van der Waals surface area contributed by atoms with Crippen molar-refractivity contribution in [2.24, 2.45) is 11.1 Å². The van der Waals surface area contributed by atoms with Crippen LogP contribution in [0.3, 0.4) is 0 Å². The monoisotopic (exact) mass is 397 g/mol. The smallest absolute Gasteiger partial charge is 0.230 e. The van der Waals surface area contributed by atoms with E-state index >= 15 is 0 Å². The fraction of sp³-hybridized carbons (Fsp3) is 0.588. The van der Waals surface area contributed by atoms with Crippen molar-refractivity contribution in [2.75, 3.05) is 37.6 Å². The molecule has 4 nitrogen and oxygen atoms in total. The van der Waals surface area contributed by atoms with Crippen LogP contribution >= 0.6 is 24.8 Å². The van der Waals surface area contributed by atoms with Gasteiger partial charge in [-0.2, -0.15) is 0 Å². The predicted molar refractivity (Wildman–Crippen MR) is 102 cm³/mol. The van der Waals surface area contributed by atoms with Crippen LogP contribution in [0.1, 0.15) is 26.7 Å². The molecule has 1 aliphatic heterocycles. The van der Waals surface area contributed by atoms with Crippen LogP contribution in [0.4, 0.5) is 14.5 Å². The zero-order chi connectivity index (χ0) is 17.0. The van der Waals surface area contributed by atoms with Crippen LogP contribution < -0.4 is 10.6 Å². The number of anilines is 1. The number of rotatable bonds is 5. The first-order chi connectivity index (χ1) is 11.0. The molecular formula is C17H27Cl2F2N3O. The average molecular weight is 398 g/mol. The Kier molecular flexibility index (Phi) is 9.69. The van der Waals surface area contributed by atoms with Crippen LogP contribution in [0.15, 0.2) is 18.2 Å². The summed E-state index contributed by atoms with van der Waals surface area (Å²) in [4.78, 5) is 16.4. The maximum atomic E-state index is 13.9. The fourth-order valence-electron chi connectivity index (χ4n) is 3.14. The lowest BCUT2D eigenvalue weighted by Crippen LogP contribution is -2.55. The molecule has 2 N–H and O–H groups in total. The number of benzene rings is 1. The molecule has 0 bridgehead atoms. The second kappa shape index (κ2) is 10.1. The van der Waals surface area contributed by atoms with E-state index in [-0.39, 0.29) is 36.4 Å². The van der Waals surface area contributed by atoms with Crippen LogP contribution in [-0.4, -0.2) is 43.5 Å². The first-order valence-corrected chi connectivity index (χ1v) is 8.17. The Bertz CT molecular complexity index is 555. The van der Waals surface area contributed by atoms with Crippen molar-refractivity contribution in [3.8, 4) is 0 Å². The normalized spacial score (nSPS) is 14.6. The van der Waals surface area contributed by atoms with E-state index in [2.05, 4.69) is 0 Å². The standard InChI is InChI=1S/C17H25F2N3O.2ClH/c1-3-17(4-2,12-20)16(23)22-9-7-21(8-10-22)15-11-13(18)5-6-14(15)19;;/h5-6,11H,3-4,7-10,12,20H2,1-2H3;2*1H. The Morgan fingerprint density at radius 1 is 1.12 bits per heavy atom. The highest BCUT2D eigenvalue weighted by Gasteiger charge is 2.38. The molecule has 1 heterocycles. The van der Waals surface area contributed by atoms with Gasteiger partial charge in [-0.1, -0.05) is 13.8 Å². The SMILES string of the molecule is CCC(CC)(CN)C(=O)N1CCN(c2cc(F)ccc2F)CC1.Cl.Cl. The maximum Gasteiger partial charge on any atom is 0.230 e. The molecule has 1 saturated heterocycles. The van der Waals surface area contributed by atoms with Gasteiger partial charge in [0.1, 0.15) is 11.6 Å². The van der Waals surface area contributed by atoms with Gasteiger partial charge in [-0.25, -0.2) is 8.78 Å². The molecule has 0 spiro atoms. The van der Waals surface area contributed by atoms with Gasteiger partial charge in [0.25, 0.3) is 0 Å². The second-order valence-corrected chi connectivity index (χ2v) is 6.07. The molecule has 1 aromatic rings. The second-order valence-electron chi connectivity index (χ2n) is 6.07. The Balaban J connectivity index is 0.00000288. The number of amides is 1. The summed E-state index contributed by atoms with van der Waals surface area (Å²) in [6.07, 6.45) is 1.41. The first-order valence-electron chi connectivity index (χ1n) is 8.17. The van der Waals surface area contributed by atoms with Crippen molar-refractivity contribution in [1.29, 1.82) is 0 Å². The zero-order valence-corrected chi connectivity index (χ0v) is 16.3. The van der Waals surface area contributed by atoms with Gasteiger partial charge >= 0.3 is 0 Å². The summed E-state index contributed by atoms with van der Waals surface area (Å²) in [7, 11) is 0. The molecular weight excluding hydrogens is 371 g/mol. The molecule has 8 heteroatoms. The van der Waals surface area contributed by atoms with Crippen LogP contribution in [0.5, 0.6) is 0 Å². The average Bonchev–Trinajstić information content (AvgIpc) is 2.59. The molecule has 25 heavy (non-hydrogen) atoms. The number of hydrogen-bond acceptors (Lipinski definition) is 3. The van der Waals surface area contributed by atoms with Gasteiger partial charge in [-0.05, 0) is 25.0 Å². The number of halogens is 4. The van der Waals surface area contributed by atoms with E-state index in [0.29, 0.717) is 45.6 Å². The van der Waals surface area contributed by atoms with Gasteiger partial charge < -0.3 is 15.5 Å². The molecule has 0 aliphatic carbocycles. The third-order valence-electron chi connectivity index (χ3n) is 5.01. The van der Waals surface area contributed by atoms with Crippen LogP contribution in [-0.2, 0) is 4.79 Å². The topological polar surface area (TPSA) is 49.6 Å². The number of carbonyl (C=O) groups excluding carboxylic acids is 1. The number of carbonyl (C=O) groups is 1. The van der Waals surface area contributed by atoms with Gasteiger partial charge in [-0.15, -0.1) is 24.8 Å². The predicted octanol–water partition coefficient (Wildman–Crippen LogP) is 3.22. The number of piperazine rings is 1. The van der Waals surface area contributed by atoms with Gasteiger partial charge in [0.2, 0.25) is 5.91 Å². The van der Waals surface area contributed by atoms with E-state index in [9.17, 15) is 13.6 Å². The van der Waals surface area contributed by atoms with Crippen molar-refractivity contribution < 1.29 is 13.6 Å². The summed E-state index contributed by atoms with van der Waals surface area (Å²) in [5.74, 6) is -0.826. The largest absolute Gasteiger partial charge is 0.366 e. The minimum absolute atomic E-state index is 0. The molecule has 2 rings (SSSR count). The van der Waals surface area contributed by atoms with Gasteiger partial charge in [0.05, 0.1) is 11.1 Å². The molecule has 1 amide bonds. The summed E-state index contributed by atoms with van der Waals surface area (Å²) in [5.41, 5.74) is 5.59. The molecule has 144 valence electrons. The Labute approximate surface area is 160 Å². The van der Waals surface area contributed by atoms with Crippen LogP contribution in [0.2, 0.25) is 0 Å². The summed E-state index contributed by atoms with van der Waals surface area (Å²) in [5, 5.41) is 0. The van der Waals surface area contributed by atoms with Gasteiger partial charge in [-0.3, -0.25) is 4.79 Å². The van der Waals surface area contributed by atoms with Crippen molar-refractivity contribution in [1.82, 2.24) is 4.90 Å². The third kappa shape index (κ3) is 4.96. The van der Waals surface area contributed by atoms with Crippen molar-refractivity contribution in [3.63, 3.8) is 0 Å². The fourth-order valence-corrected chi connectivity index (χ4v) is 3.14. The van der Waals surface area contributed by atoms with Crippen molar-refractivity contribution >= 4 is 36.4 Å². The molecule has 0 aromatic heterocycles. The van der Waals surface area contributed by atoms with E-state index in [1.54, 1.807) is 9.80 Å². The molecule has 0 radical (unpaired) electrons. The van der Waals surface area contributed by atoms with E-state index in [1.165, 1.54) is 6.07 Å². The lowest BCUT2D eigenvalue weighted by Gasteiger charge is -2.41. The molecule has 0 saturated carbocycles. The summed E-state index contributed by atoms with van der Waals surface area (Å²) < 4.78 is 27.2. The minimum Gasteiger partial charge on any atom is -0.366 e. The highest BCUT2D eigenvalue weighted by molar-refractivity contribution is 5.85. The quantitative estimate of drug-likeness (QED) is 0.829. The number of hydrogen-bond donors (Lipinski definition) is 1. The van der Waals surface area contributed by atoms with Crippen LogP contribution in [0.25, 0.3) is 0 Å². The lowest BCUT2D eigenvalue weighted by molar-refractivity contribution is -0.142. The summed E-state index contributed by atoms with van der Waals surface area (Å²) >= 11 is 0. The molecule has 1 aliphatic rings. The summed E-state index contributed by atoms with van der Waals surface area (Å²) in [6, 6.07) is 3.45.